The van der Waals surface area contributed by atoms with Crippen molar-refractivity contribution in [3.05, 3.63) is 55.1 Å². The molecule has 0 atom stereocenters. The lowest BCUT2D eigenvalue weighted by Crippen LogP contribution is -2.36. The van der Waals surface area contributed by atoms with Crippen molar-refractivity contribution in [1.29, 1.82) is 0 Å². The Hall–Kier alpha value is -3.85. The molecule has 5 rings (SSSR count). The lowest BCUT2D eigenvalue weighted by molar-refractivity contribution is 0.122. The van der Waals surface area contributed by atoms with Crippen LogP contribution in [-0.2, 0) is 4.74 Å². The van der Waals surface area contributed by atoms with Crippen LogP contribution in [0.2, 0.25) is 0 Å². The Morgan fingerprint density at radius 2 is 1.91 bits per heavy atom. The van der Waals surface area contributed by atoms with Crippen LogP contribution in [0.25, 0.3) is 16.9 Å². The normalized spacial score (nSPS) is 13.9. The molecule has 1 fully saturated rings. The van der Waals surface area contributed by atoms with Gasteiger partial charge in [0.15, 0.2) is 11.5 Å². The first-order valence-electron chi connectivity index (χ1n) is 10.4. The summed E-state index contributed by atoms with van der Waals surface area (Å²) in [7, 11) is 3.28. The topological polar surface area (TPSA) is 86.0 Å². The zero-order valence-electron chi connectivity index (χ0n) is 18.0. The van der Waals surface area contributed by atoms with Gasteiger partial charge in [0, 0.05) is 61.3 Å². The molecule has 9 nitrogen and oxygen atoms in total. The zero-order chi connectivity index (χ0) is 21.9. The largest absolute Gasteiger partial charge is 0.495 e. The van der Waals surface area contributed by atoms with Gasteiger partial charge in [-0.1, -0.05) is 0 Å². The summed E-state index contributed by atoms with van der Waals surface area (Å²) in [4.78, 5) is 15.8. The van der Waals surface area contributed by atoms with Crippen molar-refractivity contribution < 1.29 is 14.2 Å². The summed E-state index contributed by atoms with van der Waals surface area (Å²) in [6.07, 6.45) is 7.32. The third-order valence-corrected chi connectivity index (χ3v) is 5.41. The van der Waals surface area contributed by atoms with Crippen LogP contribution in [0.15, 0.2) is 55.1 Å². The van der Waals surface area contributed by atoms with E-state index in [1.165, 1.54) is 0 Å². The molecule has 4 heterocycles. The number of nitrogens with zero attached hydrogens (tertiary/aromatic N) is 5. The standard InChI is InChI=1S/C23H24N6O3/c1-30-20-13-17(4-5-19(20)28-9-11-32-12-10-28)26-22-23-24-7-8-29(23)15-18(27-22)16-3-6-21(31-2)25-14-16/h3-8,13-15H,9-12H2,1-2H3,(H,26,27). The van der Waals surface area contributed by atoms with E-state index >= 15 is 0 Å². The van der Waals surface area contributed by atoms with Crippen LogP contribution < -0.4 is 19.7 Å². The van der Waals surface area contributed by atoms with Crippen molar-refractivity contribution in [3.8, 4) is 22.9 Å². The molecular formula is C23H24N6O3. The highest BCUT2D eigenvalue weighted by atomic mass is 16.5. The summed E-state index contributed by atoms with van der Waals surface area (Å²) < 4.78 is 18.2. The van der Waals surface area contributed by atoms with Crippen LogP contribution in [-0.4, -0.2) is 59.9 Å². The Bertz CT molecular complexity index is 1220. The maximum atomic E-state index is 5.68. The summed E-state index contributed by atoms with van der Waals surface area (Å²) in [5.74, 6) is 2.00. The molecule has 0 bridgehead atoms. The second-order valence-corrected chi connectivity index (χ2v) is 7.33. The van der Waals surface area contributed by atoms with Crippen LogP contribution in [0.1, 0.15) is 0 Å². The summed E-state index contributed by atoms with van der Waals surface area (Å²) in [5.41, 5.74) is 4.29. The lowest BCUT2D eigenvalue weighted by atomic mass is 10.2. The SMILES string of the molecule is COc1ccc(-c2cn3ccnc3c(Nc3ccc(N4CCOCC4)c(OC)c3)n2)cn1. The first-order valence-corrected chi connectivity index (χ1v) is 10.4. The van der Waals surface area contributed by atoms with E-state index in [1.54, 1.807) is 26.6 Å². The number of hydrogen-bond acceptors (Lipinski definition) is 8. The Balaban J connectivity index is 1.48. The number of benzene rings is 1. The quantitative estimate of drug-likeness (QED) is 0.496. The van der Waals surface area contributed by atoms with E-state index in [9.17, 15) is 0 Å². The fourth-order valence-electron chi connectivity index (χ4n) is 3.76. The number of hydrogen-bond donors (Lipinski definition) is 1. The molecular weight excluding hydrogens is 408 g/mol. The average molecular weight is 432 g/mol. The van der Waals surface area contributed by atoms with Gasteiger partial charge in [0.05, 0.1) is 38.8 Å². The number of imidazole rings is 1. The number of morpholine rings is 1. The number of fused-ring (bicyclic) bond motifs is 1. The van der Waals surface area contributed by atoms with Crippen LogP contribution in [0.3, 0.4) is 0 Å². The van der Waals surface area contributed by atoms with E-state index in [-0.39, 0.29) is 0 Å². The molecule has 0 amide bonds. The van der Waals surface area contributed by atoms with E-state index < -0.39 is 0 Å². The second-order valence-electron chi connectivity index (χ2n) is 7.33. The Morgan fingerprint density at radius 1 is 1.03 bits per heavy atom. The molecule has 32 heavy (non-hydrogen) atoms. The highest BCUT2D eigenvalue weighted by molar-refractivity contribution is 5.75. The molecule has 1 N–H and O–H groups in total. The van der Waals surface area contributed by atoms with Crippen molar-refractivity contribution in [2.45, 2.75) is 0 Å². The van der Waals surface area contributed by atoms with E-state index in [1.807, 2.05) is 41.1 Å². The second kappa shape index (κ2) is 8.72. The van der Waals surface area contributed by atoms with Crippen LogP contribution >= 0.6 is 0 Å². The molecule has 0 spiro atoms. The number of ether oxygens (including phenoxy) is 3. The molecule has 164 valence electrons. The van der Waals surface area contributed by atoms with Gasteiger partial charge in [0.25, 0.3) is 0 Å². The minimum atomic E-state index is 0.559. The molecule has 4 aromatic rings. The van der Waals surface area contributed by atoms with Gasteiger partial charge in [-0.3, -0.25) is 0 Å². The predicted molar refractivity (Wildman–Crippen MR) is 122 cm³/mol. The molecule has 0 radical (unpaired) electrons. The number of rotatable bonds is 6. The summed E-state index contributed by atoms with van der Waals surface area (Å²) in [6, 6.07) is 9.81. The fourth-order valence-corrected chi connectivity index (χ4v) is 3.76. The lowest BCUT2D eigenvalue weighted by Gasteiger charge is -2.30. The van der Waals surface area contributed by atoms with Crippen LogP contribution in [0.4, 0.5) is 17.2 Å². The van der Waals surface area contributed by atoms with Gasteiger partial charge in [-0.15, -0.1) is 0 Å². The zero-order valence-corrected chi connectivity index (χ0v) is 18.0. The molecule has 9 heteroatoms. The van der Waals surface area contributed by atoms with E-state index in [4.69, 9.17) is 19.2 Å². The molecule has 1 aliphatic rings. The van der Waals surface area contributed by atoms with Gasteiger partial charge in [-0.05, 0) is 18.2 Å². The Kier molecular flexibility index (Phi) is 5.47. The van der Waals surface area contributed by atoms with Gasteiger partial charge < -0.3 is 28.8 Å². The van der Waals surface area contributed by atoms with Gasteiger partial charge in [-0.25, -0.2) is 15.0 Å². The Labute approximate surface area is 185 Å². The first kappa shape index (κ1) is 20.1. The number of anilines is 3. The van der Waals surface area contributed by atoms with Gasteiger partial charge >= 0.3 is 0 Å². The van der Waals surface area contributed by atoms with E-state index in [2.05, 4.69) is 26.3 Å². The van der Waals surface area contributed by atoms with Crippen molar-refractivity contribution in [1.82, 2.24) is 19.4 Å². The molecule has 0 aliphatic carbocycles. The van der Waals surface area contributed by atoms with E-state index in [0.29, 0.717) is 11.7 Å². The number of methoxy groups -OCH3 is 2. The minimum Gasteiger partial charge on any atom is -0.495 e. The third-order valence-electron chi connectivity index (χ3n) is 5.41. The van der Waals surface area contributed by atoms with Crippen LogP contribution in [0.5, 0.6) is 11.6 Å². The molecule has 0 unspecified atom stereocenters. The highest BCUT2D eigenvalue weighted by Crippen LogP contribution is 2.33. The van der Waals surface area contributed by atoms with Gasteiger partial charge in [0.1, 0.15) is 5.75 Å². The monoisotopic (exact) mass is 432 g/mol. The fraction of sp³-hybridized carbons (Fsp3) is 0.261. The van der Waals surface area contributed by atoms with Crippen molar-refractivity contribution in [2.75, 3.05) is 50.7 Å². The number of nitrogens with one attached hydrogen (secondary N) is 1. The van der Waals surface area contributed by atoms with Crippen LogP contribution in [0, 0.1) is 0 Å². The smallest absolute Gasteiger partial charge is 0.212 e. The summed E-state index contributed by atoms with van der Waals surface area (Å²) >= 11 is 0. The molecule has 1 aliphatic heterocycles. The van der Waals surface area contributed by atoms with Crippen molar-refractivity contribution in [2.24, 2.45) is 0 Å². The van der Waals surface area contributed by atoms with Gasteiger partial charge in [-0.2, -0.15) is 0 Å². The Morgan fingerprint density at radius 3 is 2.66 bits per heavy atom. The van der Waals surface area contributed by atoms with Crippen molar-refractivity contribution >= 4 is 22.8 Å². The average Bonchev–Trinajstić information content (AvgIpc) is 3.34. The third kappa shape index (κ3) is 3.90. The molecule has 1 saturated heterocycles. The number of aromatic nitrogens is 4. The van der Waals surface area contributed by atoms with E-state index in [0.717, 1.165) is 60.3 Å². The predicted octanol–water partition coefficient (Wildman–Crippen LogP) is 3.39. The summed E-state index contributed by atoms with van der Waals surface area (Å²) in [5, 5.41) is 3.41. The minimum absolute atomic E-state index is 0.559. The number of pyridine rings is 1. The maximum absolute atomic E-state index is 5.68. The maximum Gasteiger partial charge on any atom is 0.212 e. The molecule has 1 aromatic carbocycles. The molecule has 3 aromatic heterocycles. The van der Waals surface area contributed by atoms with Crippen molar-refractivity contribution in [3.63, 3.8) is 0 Å². The highest BCUT2D eigenvalue weighted by Gasteiger charge is 2.17. The van der Waals surface area contributed by atoms with Gasteiger partial charge in [0.2, 0.25) is 5.88 Å². The summed E-state index contributed by atoms with van der Waals surface area (Å²) in [6.45, 7) is 3.13. The molecule has 0 saturated carbocycles. The first-order chi connectivity index (χ1) is 15.7.